The molecular formula is C12H11FN4O. The van der Waals surface area contributed by atoms with E-state index in [2.05, 4.69) is 10.1 Å². The molecule has 0 unspecified atom stereocenters. The van der Waals surface area contributed by atoms with Gasteiger partial charge in [-0.3, -0.25) is 0 Å². The van der Waals surface area contributed by atoms with Crippen LogP contribution in [0.25, 0.3) is 0 Å². The van der Waals surface area contributed by atoms with Crippen LogP contribution in [-0.2, 0) is 13.2 Å². The summed E-state index contributed by atoms with van der Waals surface area (Å²) < 4.78 is 20.4. The maximum Gasteiger partial charge on any atom is 0.164 e. The summed E-state index contributed by atoms with van der Waals surface area (Å²) in [5.41, 5.74) is -0.0972. The van der Waals surface area contributed by atoms with Gasteiger partial charge in [-0.2, -0.15) is 10.4 Å². The summed E-state index contributed by atoms with van der Waals surface area (Å²) in [5.74, 6) is 0.251. The summed E-state index contributed by atoms with van der Waals surface area (Å²) in [6, 6.07) is 6.05. The predicted molar refractivity (Wildman–Crippen MR) is 61.1 cm³/mol. The number of hydrogen-bond donors (Lipinski definition) is 0. The summed E-state index contributed by atoms with van der Waals surface area (Å²) in [7, 11) is 0. The van der Waals surface area contributed by atoms with Gasteiger partial charge >= 0.3 is 0 Å². The highest BCUT2D eigenvalue weighted by atomic mass is 19.1. The molecular weight excluding hydrogens is 235 g/mol. The van der Waals surface area contributed by atoms with Gasteiger partial charge in [0.05, 0.1) is 0 Å². The van der Waals surface area contributed by atoms with Crippen molar-refractivity contribution >= 4 is 0 Å². The van der Waals surface area contributed by atoms with Crippen molar-refractivity contribution in [2.24, 2.45) is 0 Å². The van der Waals surface area contributed by atoms with Gasteiger partial charge in [-0.15, -0.1) is 0 Å². The van der Waals surface area contributed by atoms with Crippen LogP contribution in [0.15, 0.2) is 24.5 Å². The first-order chi connectivity index (χ1) is 8.76. The van der Waals surface area contributed by atoms with E-state index in [0.29, 0.717) is 12.4 Å². The number of aryl methyl sites for hydroxylation is 1. The molecule has 0 aliphatic rings. The number of nitrogens with zero attached hydrogens (tertiary/aromatic N) is 4. The minimum atomic E-state index is -0.591. The molecule has 0 amide bonds. The maximum atomic E-state index is 13.3. The highest BCUT2D eigenvalue weighted by Crippen LogP contribution is 2.21. The van der Waals surface area contributed by atoms with Crippen molar-refractivity contribution in [3.8, 4) is 11.8 Å². The number of benzene rings is 1. The van der Waals surface area contributed by atoms with Gasteiger partial charge in [0.15, 0.2) is 5.82 Å². The fourth-order valence-electron chi connectivity index (χ4n) is 1.54. The minimum Gasteiger partial charge on any atom is -0.484 e. The highest BCUT2D eigenvalue weighted by Gasteiger charge is 2.10. The second-order valence-electron chi connectivity index (χ2n) is 3.51. The summed E-state index contributed by atoms with van der Waals surface area (Å²) in [4.78, 5) is 4.03. The molecule has 18 heavy (non-hydrogen) atoms. The molecule has 0 atom stereocenters. The summed E-state index contributed by atoms with van der Waals surface area (Å²) in [5, 5.41) is 12.8. The van der Waals surface area contributed by atoms with Crippen LogP contribution in [0, 0.1) is 17.1 Å². The van der Waals surface area contributed by atoms with E-state index in [1.54, 1.807) is 16.8 Å². The van der Waals surface area contributed by atoms with Crippen molar-refractivity contribution in [1.82, 2.24) is 14.8 Å². The minimum absolute atomic E-state index is 0.0972. The zero-order chi connectivity index (χ0) is 13.0. The van der Waals surface area contributed by atoms with E-state index < -0.39 is 5.82 Å². The second-order valence-corrected chi connectivity index (χ2v) is 3.51. The monoisotopic (exact) mass is 246 g/mol. The third-order valence-corrected chi connectivity index (χ3v) is 2.44. The van der Waals surface area contributed by atoms with Crippen molar-refractivity contribution in [3.05, 3.63) is 41.7 Å². The Morgan fingerprint density at radius 3 is 3.06 bits per heavy atom. The van der Waals surface area contributed by atoms with Crippen molar-refractivity contribution < 1.29 is 9.13 Å². The molecule has 5 nitrogen and oxygen atoms in total. The largest absolute Gasteiger partial charge is 0.484 e. The van der Waals surface area contributed by atoms with Crippen LogP contribution in [0.1, 0.15) is 18.3 Å². The van der Waals surface area contributed by atoms with Crippen LogP contribution < -0.4 is 4.74 Å². The average Bonchev–Trinajstić information content (AvgIpc) is 2.83. The van der Waals surface area contributed by atoms with Crippen molar-refractivity contribution in [2.75, 3.05) is 0 Å². The van der Waals surface area contributed by atoms with Gasteiger partial charge in [0.25, 0.3) is 0 Å². The van der Waals surface area contributed by atoms with Crippen LogP contribution in [0.2, 0.25) is 0 Å². The van der Waals surface area contributed by atoms with Crippen molar-refractivity contribution in [2.45, 2.75) is 20.1 Å². The summed E-state index contributed by atoms with van der Waals surface area (Å²) in [6.07, 6.45) is 1.43. The molecule has 0 saturated heterocycles. The maximum absolute atomic E-state index is 13.3. The van der Waals surface area contributed by atoms with Gasteiger partial charge in [-0.05, 0) is 19.1 Å². The Labute approximate surface area is 103 Å². The molecule has 0 saturated carbocycles. The van der Waals surface area contributed by atoms with E-state index in [1.165, 1.54) is 18.5 Å². The van der Waals surface area contributed by atoms with E-state index in [9.17, 15) is 4.39 Å². The van der Waals surface area contributed by atoms with Crippen LogP contribution in [0.3, 0.4) is 0 Å². The fourth-order valence-corrected chi connectivity index (χ4v) is 1.54. The second kappa shape index (κ2) is 5.27. The molecule has 1 aromatic carbocycles. The zero-order valence-electron chi connectivity index (χ0n) is 9.80. The number of halogens is 1. The van der Waals surface area contributed by atoms with Crippen LogP contribution in [0.5, 0.6) is 5.75 Å². The fraction of sp³-hybridized carbons (Fsp3) is 0.250. The molecule has 2 rings (SSSR count). The van der Waals surface area contributed by atoms with E-state index in [1.807, 2.05) is 6.92 Å². The number of aromatic nitrogens is 3. The standard InChI is InChI=1S/C12H11FN4O/c1-2-17-12(15-8-16-17)7-18-11-5-3-4-10(13)9(11)6-14/h3-5,8H,2,7H2,1H3. The first-order valence-corrected chi connectivity index (χ1v) is 5.44. The molecule has 0 radical (unpaired) electrons. The third kappa shape index (κ3) is 2.30. The Bertz CT molecular complexity index is 588. The lowest BCUT2D eigenvalue weighted by Crippen LogP contribution is -2.08. The quantitative estimate of drug-likeness (QED) is 0.826. The van der Waals surface area contributed by atoms with E-state index in [0.717, 1.165) is 0 Å². The zero-order valence-corrected chi connectivity index (χ0v) is 9.80. The third-order valence-electron chi connectivity index (χ3n) is 2.44. The smallest absolute Gasteiger partial charge is 0.164 e. The molecule has 1 heterocycles. The lowest BCUT2D eigenvalue weighted by atomic mass is 10.2. The van der Waals surface area contributed by atoms with E-state index >= 15 is 0 Å². The number of nitriles is 1. The predicted octanol–water partition coefficient (Wildman–Crippen LogP) is 1.89. The van der Waals surface area contributed by atoms with Gasteiger partial charge in [-0.25, -0.2) is 14.1 Å². The molecule has 0 spiro atoms. The molecule has 0 fully saturated rings. The Morgan fingerprint density at radius 2 is 2.33 bits per heavy atom. The molecule has 6 heteroatoms. The van der Waals surface area contributed by atoms with Crippen LogP contribution in [-0.4, -0.2) is 14.8 Å². The Morgan fingerprint density at radius 1 is 1.50 bits per heavy atom. The molecule has 2 aromatic rings. The lowest BCUT2D eigenvalue weighted by Gasteiger charge is -2.08. The molecule has 0 N–H and O–H groups in total. The lowest BCUT2D eigenvalue weighted by molar-refractivity contribution is 0.285. The normalized spacial score (nSPS) is 10.1. The first-order valence-electron chi connectivity index (χ1n) is 5.44. The van der Waals surface area contributed by atoms with Gasteiger partial charge in [0.1, 0.15) is 36.1 Å². The summed E-state index contributed by atoms with van der Waals surface area (Å²) >= 11 is 0. The average molecular weight is 246 g/mol. The molecule has 1 aromatic heterocycles. The van der Waals surface area contributed by atoms with Gasteiger partial charge in [-0.1, -0.05) is 6.07 Å². The molecule has 0 aliphatic carbocycles. The number of hydrogen-bond acceptors (Lipinski definition) is 4. The Kier molecular flexibility index (Phi) is 3.53. The van der Waals surface area contributed by atoms with Gasteiger partial charge in [0.2, 0.25) is 0 Å². The SMILES string of the molecule is CCn1ncnc1COc1cccc(F)c1C#N. The van der Waals surface area contributed by atoms with Gasteiger partial charge in [0, 0.05) is 6.54 Å². The highest BCUT2D eigenvalue weighted by molar-refractivity contribution is 5.43. The topological polar surface area (TPSA) is 63.7 Å². The molecule has 0 aliphatic heterocycles. The Hall–Kier alpha value is -2.42. The number of ether oxygens (including phenoxy) is 1. The Balaban J connectivity index is 2.16. The van der Waals surface area contributed by atoms with Crippen LogP contribution >= 0.6 is 0 Å². The van der Waals surface area contributed by atoms with Crippen LogP contribution in [0.4, 0.5) is 4.39 Å². The molecule has 0 bridgehead atoms. The van der Waals surface area contributed by atoms with Gasteiger partial charge < -0.3 is 4.74 Å². The molecule has 92 valence electrons. The van der Waals surface area contributed by atoms with E-state index in [-0.39, 0.29) is 17.9 Å². The number of rotatable bonds is 4. The van der Waals surface area contributed by atoms with Crippen molar-refractivity contribution in [3.63, 3.8) is 0 Å². The van der Waals surface area contributed by atoms with E-state index in [4.69, 9.17) is 10.00 Å². The van der Waals surface area contributed by atoms with Crippen molar-refractivity contribution in [1.29, 1.82) is 5.26 Å². The summed E-state index contributed by atoms with van der Waals surface area (Å²) in [6.45, 7) is 2.75. The first kappa shape index (κ1) is 12.0.